The minimum atomic E-state index is -0.778. The van der Waals surface area contributed by atoms with Crippen LogP contribution < -0.4 is 10.1 Å². The second-order valence-electron chi connectivity index (χ2n) is 7.44. The highest BCUT2D eigenvalue weighted by atomic mass is 16.5. The summed E-state index contributed by atoms with van der Waals surface area (Å²) in [7, 11) is 0. The number of anilines is 1. The van der Waals surface area contributed by atoms with Gasteiger partial charge in [0.25, 0.3) is 11.7 Å². The standard InChI is InChI=1S/C27H24N2O5/c1-3-33-22-14-10-18(11-15-22)23-17-21-7-5-6-16-29(21)24(23)25(30)26(31)28-20-12-8-19(9-13-20)27(32)34-4-2/h5-17H,3-4H2,1-2H3,(H,28,31). The molecule has 0 saturated carbocycles. The Kier molecular flexibility index (Phi) is 6.73. The van der Waals surface area contributed by atoms with Gasteiger partial charge >= 0.3 is 5.97 Å². The molecular formula is C27H24N2O5. The van der Waals surface area contributed by atoms with Gasteiger partial charge in [-0.15, -0.1) is 0 Å². The predicted molar refractivity (Wildman–Crippen MR) is 129 cm³/mol. The van der Waals surface area contributed by atoms with Gasteiger partial charge in [-0.2, -0.15) is 0 Å². The summed E-state index contributed by atoms with van der Waals surface area (Å²) in [5.74, 6) is -1.17. The Hall–Kier alpha value is -4.39. The maximum absolute atomic E-state index is 13.3. The van der Waals surface area contributed by atoms with Crippen molar-refractivity contribution in [2.45, 2.75) is 13.8 Å². The van der Waals surface area contributed by atoms with Gasteiger partial charge in [-0.3, -0.25) is 9.59 Å². The highest BCUT2D eigenvalue weighted by molar-refractivity contribution is 6.47. The highest BCUT2D eigenvalue weighted by Crippen LogP contribution is 2.30. The fraction of sp³-hybridized carbons (Fsp3) is 0.148. The second-order valence-corrected chi connectivity index (χ2v) is 7.44. The topological polar surface area (TPSA) is 86.1 Å². The number of benzene rings is 2. The number of ether oxygens (including phenoxy) is 2. The number of carbonyl (C=O) groups is 3. The van der Waals surface area contributed by atoms with E-state index in [4.69, 9.17) is 9.47 Å². The first kappa shape index (κ1) is 22.8. The van der Waals surface area contributed by atoms with E-state index >= 15 is 0 Å². The van der Waals surface area contributed by atoms with Gasteiger partial charge in [0.2, 0.25) is 0 Å². The van der Waals surface area contributed by atoms with E-state index in [1.54, 1.807) is 35.7 Å². The molecule has 0 aliphatic rings. The van der Waals surface area contributed by atoms with Gasteiger partial charge in [0.15, 0.2) is 0 Å². The molecule has 0 bridgehead atoms. The SMILES string of the molecule is CCOC(=O)c1ccc(NC(=O)C(=O)c2c(-c3ccc(OCC)cc3)cc3ccccn23)cc1. The molecule has 172 valence electrons. The molecule has 0 spiro atoms. The van der Waals surface area contributed by atoms with Crippen LogP contribution in [0.4, 0.5) is 5.69 Å². The van der Waals surface area contributed by atoms with Crippen LogP contribution in [0.5, 0.6) is 5.75 Å². The predicted octanol–water partition coefficient (Wildman–Crippen LogP) is 5.00. The van der Waals surface area contributed by atoms with Crippen LogP contribution in [0.2, 0.25) is 0 Å². The van der Waals surface area contributed by atoms with Crippen molar-refractivity contribution in [3.05, 3.63) is 90.3 Å². The number of amides is 1. The summed E-state index contributed by atoms with van der Waals surface area (Å²) in [6, 6.07) is 21.0. The third-order valence-electron chi connectivity index (χ3n) is 5.23. The van der Waals surface area contributed by atoms with E-state index < -0.39 is 17.7 Å². The molecule has 7 heteroatoms. The van der Waals surface area contributed by atoms with Crippen molar-refractivity contribution in [1.82, 2.24) is 4.40 Å². The molecule has 1 N–H and O–H groups in total. The molecule has 2 aromatic heterocycles. The molecule has 0 aliphatic carbocycles. The fourth-order valence-electron chi connectivity index (χ4n) is 3.67. The van der Waals surface area contributed by atoms with Gasteiger partial charge < -0.3 is 19.2 Å². The molecule has 0 aliphatic heterocycles. The number of pyridine rings is 1. The van der Waals surface area contributed by atoms with Gasteiger partial charge in [0.05, 0.1) is 18.8 Å². The van der Waals surface area contributed by atoms with Crippen LogP contribution in [0, 0.1) is 0 Å². The lowest BCUT2D eigenvalue weighted by atomic mass is 10.0. The van der Waals surface area contributed by atoms with Crippen molar-refractivity contribution in [3.8, 4) is 16.9 Å². The van der Waals surface area contributed by atoms with Crippen molar-refractivity contribution < 1.29 is 23.9 Å². The van der Waals surface area contributed by atoms with E-state index in [0.717, 1.165) is 16.8 Å². The van der Waals surface area contributed by atoms with E-state index in [2.05, 4.69) is 5.32 Å². The normalized spacial score (nSPS) is 10.6. The number of nitrogens with zero attached hydrogens (tertiary/aromatic N) is 1. The first-order chi connectivity index (χ1) is 16.5. The third kappa shape index (κ3) is 4.68. The van der Waals surface area contributed by atoms with Crippen molar-refractivity contribution in [1.29, 1.82) is 0 Å². The number of Topliss-reactive ketones (excluding diaryl/α,β-unsaturated/α-hetero) is 1. The molecule has 0 saturated heterocycles. The number of nitrogens with one attached hydrogen (secondary N) is 1. The molecule has 34 heavy (non-hydrogen) atoms. The lowest BCUT2D eigenvalue weighted by Gasteiger charge is -2.09. The van der Waals surface area contributed by atoms with Gasteiger partial charge in [0, 0.05) is 23.0 Å². The summed E-state index contributed by atoms with van der Waals surface area (Å²) >= 11 is 0. The van der Waals surface area contributed by atoms with Crippen LogP contribution in [0.3, 0.4) is 0 Å². The van der Waals surface area contributed by atoms with E-state index in [1.165, 1.54) is 12.1 Å². The van der Waals surface area contributed by atoms with Gasteiger partial charge in [-0.05, 0) is 74.0 Å². The highest BCUT2D eigenvalue weighted by Gasteiger charge is 2.25. The van der Waals surface area contributed by atoms with Gasteiger partial charge in [0.1, 0.15) is 11.4 Å². The average Bonchev–Trinajstić information content (AvgIpc) is 3.24. The van der Waals surface area contributed by atoms with Crippen molar-refractivity contribution in [3.63, 3.8) is 0 Å². The average molecular weight is 456 g/mol. The summed E-state index contributed by atoms with van der Waals surface area (Å²) < 4.78 is 12.2. The van der Waals surface area contributed by atoms with Crippen LogP contribution in [0.25, 0.3) is 16.6 Å². The molecule has 0 fully saturated rings. The van der Waals surface area contributed by atoms with Crippen LogP contribution in [-0.4, -0.2) is 35.3 Å². The Bertz CT molecular complexity index is 1340. The van der Waals surface area contributed by atoms with E-state index in [9.17, 15) is 14.4 Å². The van der Waals surface area contributed by atoms with Crippen LogP contribution in [0.1, 0.15) is 34.7 Å². The van der Waals surface area contributed by atoms with Gasteiger partial charge in [-0.25, -0.2) is 4.79 Å². The number of hydrogen-bond acceptors (Lipinski definition) is 5. The largest absolute Gasteiger partial charge is 0.494 e. The molecule has 7 nitrogen and oxygen atoms in total. The summed E-state index contributed by atoms with van der Waals surface area (Å²) in [6.45, 7) is 4.47. The van der Waals surface area contributed by atoms with Crippen molar-refractivity contribution >= 4 is 28.9 Å². The number of esters is 1. The van der Waals surface area contributed by atoms with E-state index in [1.807, 2.05) is 49.4 Å². The number of rotatable bonds is 8. The molecule has 4 rings (SSSR count). The Morgan fingerprint density at radius 3 is 2.29 bits per heavy atom. The molecule has 0 atom stereocenters. The second kappa shape index (κ2) is 10.0. The molecular weight excluding hydrogens is 432 g/mol. The van der Waals surface area contributed by atoms with Crippen LogP contribution in [0.15, 0.2) is 79.0 Å². The van der Waals surface area contributed by atoms with E-state index in [-0.39, 0.29) is 12.3 Å². The summed E-state index contributed by atoms with van der Waals surface area (Å²) in [5, 5.41) is 2.62. The minimum Gasteiger partial charge on any atom is -0.494 e. The smallest absolute Gasteiger partial charge is 0.338 e. The lowest BCUT2D eigenvalue weighted by molar-refractivity contribution is -0.112. The zero-order chi connectivity index (χ0) is 24.1. The van der Waals surface area contributed by atoms with E-state index in [0.29, 0.717) is 23.4 Å². The number of hydrogen-bond donors (Lipinski definition) is 1. The Balaban J connectivity index is 1.63. The molecule has 2 aromatic carbocycles. The lowest BCUT2D eigenvalue weighted by Crippen LogP contribution is -2.24. The number of carbonyl (C=O) groups excluding carboxylic acids is 3. The number of ketones is 1. The molecule has 2 heterocycles. The molecule has 4 aromatic rings. The fourth-order valence-corrected chi connectivity index (χ4v) is 3.67. The monoisotopic (exact) mass is 456 g/mol. The molecule has 0 radical (unpaired) electrons. The first-order valence-corrected chi connectivity index (χ1v) is 11.0. The summed E-state index contributed by atoms with van der Waals surface area (Å²) in [6.07, 6.45) is 1.75. The first-order valence-electron chi connectivity index (χ1n) is 11.0. The maximum Gasteiger partial charge on any atom is 0.338 e. The number of fused-ring (bicyclic) bond motifs is 1. The molecule has 0 unspecified atom stereocenters. The third-order valence-corrected chi connectivity index (χ3v) is 5.23. The Labute approximate surface area is 196 Å². The zero-order valence-corrected chi connectivity index (χ0v) is 18.9. The number of aromatic nitrogens is 1. The van der Waals surface area contributed by atoms with Crippen molar-refractivity contribution in [2.75, 3.05) is 18.5 Å². The van der Waals surface area contributed by atoms with Crippen molar-refractivity contribution in [2.24, 2.45) is 0 Å². The quantitative estimate of drug-likeness (QED) is 0.229. The Morgan fingerprint density at radius 2 is 1.62 bits per heavy atom. The van der Waals surface area contributed by atoms with Crippen LogP contribution >= 0.6 is 0 Å². The minimum absolute atomic E-state index is 0.264. The molecule has 1 amide bonds. The maximum atomic E-state index is 13.3. The van der Waals surface area contributed by atoms with Crippen LogP contribution in [-0.2, 0) is 9.53 Å². The Morgan fingerprint density at radius 1 is 0.882 bits per heavy atom. The summed E-state index contributed by atoms with van der Waals surface area (Å²) in [4.78, 5) is 38.1. The zero-order valence-electron chi connectivity index (χ0n) is 18.9. The van der Waals surface area contributed by atoms with Gasteiger partial charge in [-0.1, -0.05) is 18.2 Å². The summed E-state index contributed by atoms with van der Waals surface area (Å²) in [5.41, 5.74) is 3.26.